The molecule has 0 radical (unpaired) electrons. The average molecular weight is 447 g/mol. The summed E-state index contributed by atoms with van der Waals surface area (Å²) in [4.78, 5) is 51.5. The van der Waals surface area contributed by atoms with Crippen LogP contribution in [0.2, 0.25) is 0 Å². The van der Waals surface area contributed by atoms with Gasteiger partial charge >= 0.3 is 5.69 Å². The van der Waals surface area contributed by atoms with E-state index < -0.39 is 5.69 Å². The second kappa shape index (κ2) is 9.32. The fourth-order valence-corrected chi connectivity index (χ4v) is 4.17. The van der Waals surface area contributed by atoms with Gasteiger partial charge in [-0.2, -0.15) is 4.98 Å². The number of likely N-dealkylation sites (tertiary alicyclic amines) is 1. The number of aromatic nitrogens is 4. The first-order chi connectivity index (χ1) is 15.9. The molecular formula is C24H26N6O3. The maximum atomic E-state index is 13.1. The van der Waals surface area contributed by atoms with Gasteiger partial charge in [-0.25, -0.2) is 4.79 Å². The van der Waals surface area contributed by atoms with Crippen LogP contribution in [-0.2, 0) is 11.3 Å². The first-order valence-corrected chi connectivity index (χ1v) is 10.9. The number of rotatable bonds is 5. The first-order valence-electron chi connectivity index (χ1n) is 10.9. The van der Waals surface area contributed by atoms with Gasteiger partial charge in [-0.1, -0.05) is 12.1 Å². The molecule has 0 aromatic carbocycles. The number of carbonyl (C=O) groups is 2. The van der Waals surface area contributed by atoms with Crippen molar-refractivity contribution >= 4 is 11.8 Å². The predicted octanol–water partition coefficient (Wildman–Crippen LogP) is 2.04. The molecule has 3 aromatic heterocycles. The van der Waals surface area contributed by atoms with E-state index in [9.17, 15) is 14.4 Å². The van der Waals surface area contributed by atoms with Gasteiger partial charge in [0.1, 0.15) is 12.2 Å². The van der Waals surface area contributed by atoms with Crippen LogP contribution in [-0.4, -0.2) is 49.8 Å². The highest BCUT2D eigenvalue weighted by atomic mass is 16.2. The molecule has 0 aliphatic carbocycles. The van der Waals surface area contributed by atoms with E-state index in [0.29, 0.717) is 17.9 Å². The zero-order valence-electron chi connectivity index (χ0n) is 18.9. The molecule has 9 nitrogen and oxygen atoms in total. The summed E-state index contributed by atoms with van der Waals surface area (Å²) >= 11 is 0. The van der Waals surface area contributed by atoms with Crippen molar-refractivity contribution in [3.8, 4) is 11.1 Å². The number of amides is 2. The van der Waals surface area contributed by atoms with Crippen molar-refractivity contribution in [1.82, 2.24) is 29.7 Å². The number of pyridine rings is 2. The molecule has 1 saturated heterocycles. The summed E-state index contributed by atoms with van der Waals surface area (Å²) in [5.41, 5.74) is 3.84. The summed E-state index contributed by atoms with van der Waals surface area (Å²) in [6, 6.07) is 9.03. The Bertz CT molecular complexity index is 1230. The molecule has 33 heavy (non-hydrogen) atoms. The molecule has 1 fully saturated rings. The van der Waals surface area contributed by atoms with E-state index in [4.69, 9.17) is 0 Å². The average Bonchev–Trinajstić information content (AvgIpc) is 3.31. The molecule has 0 spiro atoms. The van der Waals surface area contributed by atoms with Crippen LogP contribution in [0.4, 0.5) is 0 Å². The maximum absolute atomic E-state index is 13.1. The Labute approximate surface area is 191 Å². The lowest BCUT2D eigenvalue weighted by Crippen LogP contribution is -2.37. The zero-order valence-corrected chi connectivity index (χ0v) is 18.9. The van der Waals surface area contributed by atoms with E-state index in [1.54, 1.807) is 50.3 Å². The normalized spacial score (nSPS) is 15.5. The summed E-state index contributed by atoms with van der Waals surface area (Å²) in [6.07, 6.45) is 5.10. The highest BCUT2D eigenvalue weighted by molar-refractivity contribution is 5.92. The van der Waals surface area contributed by atoms with E-state index in [1.807, 2.05) is 18.2 Å². The third-order valence-corrected chi connectivity index (χ3v) is 5.90. The second-order valence-electron chi connectivity index (χ2n) is 8.14. The van der Waals surface area contributed by atoms with Crippen LogP contribution < -0.4 is 11.0 Å². The summed E-state index contributed by atoms with van der Waals surface area (Å²) in [6.45, 7) is 4.17. The molecule has 1 aliphatic heterocycles. The topological polar surface area (TPSA) is 110 Å². The van der Waals surface area contributed by atoms with Gasteiger partial charge in [0.25, 0.3) is 5.91 Å². The Hall–Kier alpha value is -3.88. The van der Waals surface area contributed by atoms with Crippen molar-refractivity contribution < 1.29 is 9.59 Å². The molecule has 170 valence electrons. The molecular weight excluding hydrogens is 420 g/mol. The molecule has 1 atom stereocenters. The summed E-state index contributed by atoms with van der Waals surface area (Å²) < 4.78 is 1.41. The SMILES string of the molecule is CNC(=O)c1ccc(-c2ccc([C@H]3CCCN3C(=O)Cn3c(C)cc(C)nc3=O)nc2)cn1. The molecule has 2 amide bonds. The van der Waals surface area contributed by atoms with Gasteiger partial charge in [0, 0.05) is 48.5 Å². The van der Waals surface area contributed by atoms with Crippen molar-refractivity contribution in [1.29, 1.82) is 0 Å². The molecule has 3 aromatic rings. The molecule has 4 rings (SSSR count). The van der Waals surface area contributed by atoms with Gasteiger partial charge in [-0.3, -0.25) is 24.1 Å². The zero-order chi connectivity index (χ0) is 23.5. The Kier molecular flexibility index (Phi) is 6.30. The van der Waals surface area contributed by atoms with E-state index >= 15 is 0 Å². The molecule has 0 unspecified atom stereocenters. The second-order valence-corrected chi connectivity index (χ2v) is 8.14. The minimum absolute atomic E-state index is 0.0319. The van der Waals surface area contributed by atoms with E-state index in [-0.39, 0.29) is 24.4 Å². The fraction of sp³-hybridized carbons (Fsp3) is 0.333. The van der Waals surface area contributed by atoms with E-state index in [1.165, 1.54) is 4.57 Å². The smallest absolute Gasteiger partial charge is 0.348 e. The van der Waals surface area contributed by atoms with Crippen LogP contribution in [0.5, 0.6) is 0 Å². The number of nitrogens with one attached hydrogen (secondary N) is 1. The van der Waals surface area contributed by atoms with Crippen LogP contribution in [0.1, 0.15) is 46.5 Å². The van der Waals surface area contributed by atoms with Crippen molar-refractivity contribution in [2.24, 2.45) is 0 Å². The number of nitrogens with zero attached hydrogens (tertiary/aromatic N) is 5. The van der Waals surface area contributed by atoms with Crippen LogP contribution in [0.3, 0.4) is 0 Å². The minimum atomic E-state index is -0.407. The quantitative estimate of drug-likeness (QED) is 0.642. The van der Waals surface area contributed by atoms with Gasteiger partial charge in [-0.05, 0) is 44.9 Å². The van der Waals surface area contributed by atoms with Crippen molar-refractivity contribution in [3.05, 3.63) is 76.0 Å². The molecule has 4 heterocycles. The standard InChI is InChI=1S/C24H26N6O3/c1-15-11-16(2)30(24(33)28-15)14-22(31)29-10-4-5-21(29)19-8-6-17(12-26-19)18-7-9-20(27-13-18)23(32)25-3/h6-9,11-13,21H,4-5,10,14H2,1-3H3,(H,25,32)/t21-/m1/s1. The Morgan fingerprint density at radius 2 is 1.82 bits per heavy atom. The molecule has 1 aliphatic rings. The van der Waals surface area contributed by atoms with Crippen molar-refractivity contribution in [2.75, 3.05) is 13.6 Å². The highest BCUT2D eigenvalue weighted by Crippen LogP contribution is 2.32. The van der Waals surface area contributed by atoms with Gasteiger partial charge in [0.2, 0.25) is 5.91 Å². The monoisotopic (exact) mass is 446 g/mol. The van der Waals surface area contributed by atoms with Crippen molar-refractivity contribution in [2.45, 2.75) is 39.3 Å². The highest BCUT2D eigenvalue weighted by Gasteiger charge is 2.31. The van der Waals surface area contributed by atoms with Gasteiger partial charge in [-0.15, -0.1) is 0 Å². The summed E-state index contributed by atoms with van der Waals surface area (Å²) in [7, 11) is 1.56. The van der Waals surface area contributed by atoms with Crippen LogP contribution in [0.15, 0.2) is 47.5 Å². The first kappa shape index (κ1) is 22.3. The van der Waals surface area contributed by atoms with Gasteiger partial charge < -0.3 is 10.2 Å². The minimum Gasteiger partial charge on any atom is -0.354 e. The number of hydrogen-bond donors (Lipinski definition) is 1. The van der Waals surface area contributed by atoms with Crippen molar-refractivity contribution in [3.63, 3.8) is 0 Å². The molecule has 0 bridgehead atoms. The third kappa shape index (κ3) is 4.67. The third-order valence-electron chi connectivity index (χ3n) is 5.90. The lowest BCUT2D eigenvalue weighted by atomic mass is 10.1. The van der Waals surface area contributed by atoms with Gasteiger partial charge in [0.05, 0.1) is 11.7 Å². The molecule has 1 N–H and O–H groups in total. The van der Waals surface area contributed by atoms with Crippen LogP contribution >= 0.6 is 0 Å². The number of hydrogen-bond acceptors (Lipinski definition) is 6. The van der Waals surface area contributed by atoms with Crippen LogP contribution in [0, 0.1) is 13.8 Å². The lowest BCUT2D eigenvalue weighted by molar-refractivity contribution is -0.133. The molecule has 0 saturated carbocycles. The number of carbonyl (C=O) groups excluding carboxylic acids is 2. The van der Waals surface area contributed by atoms with Gasteiger partial charge in [0.15, 0.2) is 0 Å². The Morgan fingerprint density at radius 1 is 1.09 bits per heavy atom. The Balaban J connectivity index is 1.50. The number of aryl methyl sites for hydroxylation is 2. The van der Waals surface area contributed by atoms with Crippen LogP contribution in [0.25, 0.3) is 11.1 Å². The van der Waals surface area contributed by atoms with E-state index in [0.717, 1.165) is 35.4 Å². The fourth-order valence-electron chi connectivity index (χ4n) is 4.17. The summed E-state index contributed by atoms with van der Waals surface area (Å²) in [5, 5.41) is 2.55. The largest absolute Gasteiger partial charge is 0.354 e. The van der Waals surface area contributed by atoms with E-state index in [2.05, 4.69) is 20.3 Å². The molecule has 9 heteroatoms. The summed E-state index contributed by atoms with van der Waals surface area (Å²) in [5.74, 6) is -0.354. The predicted molar refractivity (Wildman–Crippen MR) is 123 cm³/mol. The lowest BCUT2D eigenvalue weighted by Gasteiger charge is -2.25. The Morgan fingerprint density at radius 3 is 2.42 bits per heavy atom. The maximum Gasteiger partial charge on any atom is 0.348 e.